The lowest BCUT2D eigenvalue weighted by Crippen LogP contribution is -2.37. The van der Waals surface area contributed by atoms with E-state index in [4.69, 9.17) is 21.7 Å². The van der Waals surface area contributed by atoms with Crippen LogP contribution in [-0.4, -0.2) is 49.2 Å². The molecular weight excluding hydrogens is 414 g/mol. The Morgan fingerprint density at radius 1 is 1.00 bits per heavy atom. The summed E-state index contributed by atoms with van der Waals surface area (Å²) < 4.78 is 10.6. The quantitative estimate of drug-likeness (QED) is 0.281. The molecule has 0 aliphatic rings. The van der Waals surface area contributed by atoms with Gasteiger partial charge in [0.25, 0.3) is 5.56 Å². The largest absolute Gasteiger partial charge is 0.493 e. The number of ether oxygens (including phenoxy) is 2. The van der Waals surface area contributed by atoms with Gasteiger partial charge in [0.05, 0.1) is 19.6 Å². The summed E-state index contributed by atoms with van der Waals surface area (Å²) in [4.78, 5) is 11.8. The predicted octanol–water partition coefficient (Wildman–Crippen LogP) is 2.45. The summed E-state index contributed by atoms with van der Waals surface area (Å²) in [5, 5.41) is 18.4. The Morgan fingerprint density at radius 3 is 2.52 bits per heavy atom. The summed E-state index contributed by atoms with van der Waals surface area (Å²) in [6, 6.07) is 13.3. The lowest BCUT2D eigenvalue weighted by atomic mass is 10.1. The van der Waals surface area contributed by atoms with E-state index < -0.39 is 0 Å². The maximum Gasteiger partial charge on any atom is 0.272 e. The van der Waals surface area contributed by atoms with Crippen LogP contribution in [0.3, 0.4) is 0 Å². The smallest absolute Gasteiger partial charge is 0.272 e. The van der Waals surface area contributed by atoms with Crippen molar-refractivity contribution >= 4 is 33.9 Å². The first kappa shape index (κ1) is 22.4. The van der Waals surface area contributed by atoms with Gasteiger partial charge in [-0.3, -0.25) is 4.79 Å². The standard InChI is InChI=1S/C22H27N5O3S/c1-29-18-9-8-15(14-19(18)30-2)10-13-25-22(31)24-12-5-11-23-20-16-6-3-4-7-17(16)21(28)27-26-20/h3-4,6-9,14H,5,10-13H2,1-2H3,(H,23,26)(H,27,28)(H2,24,25,31). The highest BCUT2D eigenvalue weighted by molar-refractivity contribution is 7.80. The summed E-state index contributed by atoms with van der Waals surface area (Å²) in [5.74, 6) is 2.11. The molecule has 164 valence electrons. The van der Waals surface area contributed by atoms with Gasteiger partial charge in [-0.2, -0.15) is 5.10 Å². The van der Waals surface area contributed by atoms with Crippen LogP contribution in [-0.2, 0) is 6.42 Å². The number of nitrogens with zero attached hydrogens (tertiary/aromatic N) is 1. The van der Waals surface area contributed by atoms with Crippen molar-refractivity contribution in [2.75, 3.05) is 39.2 Å². The maximum atomic E-state index is 11.8. The number of H-pyrrole nitrogens is 1. The molecule has 8 nitrogen and oxygen atoms in total. The zero-order valence-corrected chi connectivity index (χ0v) is 18.5. The van der Waals surface area contributed by atoms with E-state index in [2.05, 4.69) is 26.1 Å². The number of benzene rings is 2. The molecule has 9 heteroatoms. The maximum absolute atomic E-state index is 11.8. The van der Waals surface area contributed by atoms with E-state index >= 15 is 0 Å². The van der Waals surface area contributed by atoms with Crippen molar-refractivity contribution in [3.05, 3.63) is 58.4 Å². The highest BCUT2D eigenvalue weighted by atomic mass is 32.1. The third kappa shape index (κ3) is 6.08. The van der Waals surface area contributed by atoms with Crippen LogP contribution in [0.2, 0.25) is 0 Å². The molecule has 0 spiro atoms. The van der Waals surface area contributed by atoms with Crippen LogP contribution in [0.1, 0.15) is 12.0 Å². The van der Waals surface area contributed by atoms with Crippen LogP contribution in [0.25, 0.3) is 10.8 Å². The molecule has 3 aromatic rings. The molecule has 0 amide bonds. The Morgan fingerprint density at radius 2 is 1.74 bits per heavy atom. The Balaban J connectivity index is 1.36. The number of methoxy groups -OCH3 is 2. The van der Waals surface area contributed by atoms with Crippen LogP contribution in [0.4, 0.5) is 5.82 Å². The zero-order valence-electron chi connectivity index (χ0n) is 17.7. The van der Waals surface area contributed by atoms with E-state index in [-0.39, 0.29) is 5.56 Å². The second-order valence-electron chi connectivity index (χ2n) is 6.85. The van der Waals surface area contributed by atoms with Crippen molar-refractivity contribution in [3.8, 4) is 11.5 Å². The fraction of sp³-hybridized carbons (Fsp3) is 0.318. The monoisotopic (exact) mass is 441 g/mol. The molecule has 0 aliphatic carbocycles. The molecule has 31 heavy (non-hydrogen) atoms. The van der Waals surface area contributed by atoms with E-state index in [1.807, 2.05) is 36.4 Å². The second kappa shape index (κ2) is 11.2. The van der Waals surface area contributed by atoms with E-state index in [1.54, 1.807) is 20.3 Å². The summed E-state index contributed by atoms with van der Waals surface area (Å²) in [7, 11) is 3.25. The Kier molecular flexibility index (Phi) is 8.05. The molecule has 3 rings (SSSR count). The fourth-order valence-corrected chi connectivity index (χ4v) is 3.37. The molecule has 1 aromatic heterocycles. The fourth-order valence-electron chi connectivity index (χ4n) is 3.17. The van der Waals surface area contributed by atoms with Crippen molar-refractivity contribution in [2.24, 2.45) is 0 Å². The third-order valence-corrected chi connectivity index (χ3v) is 5.06. The number of anilines is 1. The number of hydrogen-bond acceptors (Lipinski definition) is 6. The Labute approximate surface area is 186 Å². The summed E-state index contributed by atoms with van der Waals surface area (Å²) in [6.07, 6.45) is 1.65. The minimum atomic E-state index is -0.188. The minimum Gasteiger partial charge on any atom is -0.493 e. The normalized spacial score (nSPS) is 10.5. The molecule has 0 aliphatic heterocycles. The highest BCUT2D eigenvalue weighted by Gasteiger charge is 2.06. The lowest BCUT2D eigenvalue weighted by molar-refractivity contribution is 0.354. The Hall–Kier alpha value is -3.33. The number of thiocarbonyl (C=S) groups is 1. The number of fused-ring (bicyclic) bond motifs is 1. The van der Waals surface area contributed by atoms with Crippen LogP contribution in [0.15, 0.2) is 47.3 Å². The van der Waals surface area contributed by atoms with Gasteiger partial charge in [-0.05, 0) is 48.8 Å². The molecule has 4 N–H and O–H groups in total. The molecule has 0 bridgehead atoms. The first-order valence-electron chi connectivity index (χ1n) is 10.1. The topological polar surface area (TPSA) is 100 Å². The lowest BCUT2D eigenvalue weighted by Gasteiger charge is -2.12. The van der Waals surface area contributed by atoms with Gasteiger partial charge in [-0.25, -0.2) is 5.10 Å². The van der Waals surface area contributed by atoms with Crippen LogP contribution in [0.5, 0.6) is 11.5 Å². The number of hydrogen-bond donors (Lipinski definition) is 4. The van der Waals surface area contributed by atoms with Crippen LogP contribution < -0.4 is 31.0 Å². The average molecular weight is 442 g/mol. The number of nitrogens with one attached hydrogen (secondary N) is 4. The van der Waals surface area contributed by atoms with E-state index in [0.29, 0.717) is 29.4 Å². The molecule has 0 atom stereocenters. The average Bonchev–Trinajstić information content (AvgIpc) is 2.80. The highest BCUT2D eigenvalue weighted by Crippen LogP contribution is 2.27. The molecule has 0 saturated carbocycles. The molecule has 0 saturated heterocycles. The van der Waals surface area contributed by atoms with Crippen LogP contribution >= 0.6 is 12.2 Å². The molecule has 0 unspecified atom stereocenters. The summed E-state index contributed by atoms with van der Waals surface area (Å²) >= 11 is 5.34. The number of aromatic nitrogens is 2. The predicted molar refractivity (Wildman–Crippen MR) is 127 cm³/mol. The minimum absolute atomic E-state index is 0.188. The van der Waals surface area contributed by atoms with Gasteiger partial charge >= 0.3 is 0 Å². The van der Waals surface area contributed by atoms with E-state index in [9.17, 15) is 4.79 Å². The summed E-state index contributed by atoms with van der Waals surface area (Å²) in [5.41, 5.74) is 0.949. The first-order valence-corrected chi connectivity index (χ1v) is 10.5. The van der Waals surface area contributed by atoms with Gasteiger partial charge in [-0.1, -0.05) is 24.3 Å². The van der Waals surface area contributed by atoms with Crippen molar-refractivity contribution in [1.29, 1.82) is 0 Å². The van der Waals surface area contributed by atoms with Gasteiger partial charge in [0.2, 0.25) is 0 Å². The number of aromatic amines is 1. The second-order valence-corrected chi connectivity index (χ2v) is 7.26. The molecule has 0 fully saturated rings. The molecule has 2 aromatic carbocycles. The van der Waals surface area contributed by atoms with Gasteiger partial charge in [-0.15, -0.1) is 0 Å². The third-order valence-electron chi connectivity index (χ3n) is 4.77. The van der Waals surface area contributed by atoms with Crippen molar-refractivity contribution in [3.63, 3.8) is 0 Å². The van der Waals surface area contributed by atoms with Crippen molar-refractivity contribution in [1.82, 2.24) is 20.8 Å². The van der Waals surface area contributed by atoms with E-state index in [0.717, 1.165) is 41.8 Å². The van der Waals surface area contributed by atoms with Gasteiger partial charge in [0.15, 0.2) is 22.4 Å². The van der Waals surface area contributed by atoms with Gasteiger partial charge in [0.1, 0.15) is 0 Å². The van der Waals surface area contributed by atoms with E-state index in [1.165, 1.54) is 0 Å². The first-order chi connectivity index (χ1) is 15.1. The zero-order chi connectivity index (χ0) is 22.1. The van der Waals surface area contributed by atoms with Gasteiger partial charge in [0, 0.05) is 25.0 Å². The number of rotatable bonds is 10. The van der Waals surface area contributed by atoms with Crippen LogP contribution in [0, 0.1) is 0 Å². The van der Waals surface area contributed by atoms with Gasteiger partial charge < -0.3 is 25.4 Å². The molecule has 1 heterocycles. The molecular formula is C22H27N5O3S. The SMILES string of the molecule is COc1ccc(CCNC(=S)NCCCNc2n[nH]c(=O)c3ccccc23)cc1OC. The van der Waals surface area contributed by atoms with Crippen molar-refractivity contribution in [2.45, 2.75) is 12.8 Å². The van der Waals surface area contributed by atoms with Crippen molar-refractivity contribution < 1.29 is 9.47 Å². The summed E-state index contributed by atoms with van der Waals surface area (Å²) in [6.45, 7) is 2.13. The Bertz CT molecular complexity index is 1090. The molecule has 0 radical (unpaired) electrons.